The van der Waals surface area contributed by atoms with Crippen LogP contribution in [0.2, 0.25) is 0 Å². The highest BCUT2D eigenvalue weighted by Gasteiger charge is 2.34. The van der Waals surface area contributed by atoms with Gasteiger partial charge in [-0.15, -0.1) is 0 Å². The van der Waals surface area contributed by atoms with Gasteiger partial charge in [0.2, 0.25) is 0 Å². The summed E-state index contributed by atoms with van der Waals surface area (Å²) in [6, 6.07) is 0.112. The van der Waals surface area contributed by atoms with Crippen molar-refractivity contribution < 1.29 is 14.6 Å². The van der Waals surface area contributed by atoms with Crippen molar-refractivity contribution in [2.75, 3.05) is 26.3 Å². The Morgan fingerprint density at radius 2 is 2.14 bits per heavy atom. The number of aliphatic hydroxyl groups is 1. The molecule has 0 spiro atoms. The van der Waals surface area contributed by atoms with Crippen molar-refractivity contribution in [3.8, 4) is 0 Å². The predicted molar refractivity (Wildman–Crippen MR) is 79.4 cm³/mol. The molecule has 0 bridgehead atoms. The number of ether oxygens (including phenoxy) is 1. The Labute approximate surface area is 129 Å². The van der Waals surface area contributed by atoms with Crippen LogP contribution in [0.15, 0.2) is 6.20 Å². The average molecular weight is 306 g/mol. The molecule has 3 N–H and O–H groups in total. The molecule has 120 valence electrons. The normalized spacial score (nSPS) is 27.2. The van der Waals surface area contributed by atoms with E-state index in [0.29, 0.717) is 24.5 Å². The first-order valence-electron chi connectivity index (χ1n) is 7.69. The summed E-state index contributed by atoms with van der Waals surface area (Å²) in [5.41, 5.74) is 6.30. The number of rotatable bonds is 3. The van der Waals surface area contributed by atoms with E-state index in [1.54, 1.807) is 6.92 Å². The lowest BCUT2D eigenvalue weighted by molar-refractivity contribution is 0.0657. The van der Waals surface area contributed by atoms with Gasteiger partial charge < -0.3 is 15.6 Å². The molecule has 2 atom stereocenters. The van der Waals surface area contributed by atoms with Crippen molar-refractivity contribution >= 4 is 5.91 Å². The molecule has 0 aliphatic carbocycles. The monoisotopic (exact) mass is 306 g/mol. The highest BCUT2D eigenvalue weighted by atomic mass is 16.5. The molecule has 2 aliphatic heterocycles. The lowest BCUT2D eigenvalue weighted by Crippen LogP contribution is -2.46. The molecule has 0 radical (unpaired) electrons. The highest BCUT2D eigenvalue weighted by molar-refractivity contribution is 5.93. The van der Waals surface area contributed by atoms with Crippen molar-refractivity contribution in [1.82, 2.24) is 14.9 Å². The number of likely N-dealkylation sites (tertiary alicyclic amines) is 1. The fourth-order valence-electron chi connectivity index (χ4n) is 3.29. The molecule has 0 aromatic carbocycles. The number of hydrogen-bond acceptors (Lipinski definition) is 6. The summed E-state index contributed by atoms with van der Waals surface area (Å²) < 4.78 is 5.33. The van der Waals surface area contributed by atoms with Gasteiger partial charge in [-0.1, -0.05) is 0 Å². The molecule has 22 heavy (non-hydrogen) atoms. The molecule has 0 unspecified atom stereocenters. The zero-order chi connectivity index (χ0) is 15.7. The van der Waals surface area contributed by atoms with Crippen LogP contribution in [0.25, 0.3) is 0 Å². The molecular formula is C15H22N4O3. The van der Waals surface area contributed by atoms with Crippen molar-refractivity contribution in [2.45, 2.75) is 37.8 Å². The molecule has 7 heteroatoms. The predicted octanol–water partition coefficient (Wildman–Crippen LogP) is -0.177. The first-order chi connectivity index (χ1) is 10.6. The van der Waals surface area contributed by atoms with Crippen LogP contribution >= 0.6 is 0 Å². The Balaban J connectivity index is 1.64. The van der Waals surface area contributed by atoms with E-state index < -0.39 is 5.91 Å². The largest absolute Gasteiger partial charge is 0.389 e. The third-order valence-electron chi connectivity index (χ3n) is 4.65. The van der Waals surface area contributed by atoms with E-state index in [-0.39, 0.29) is 18.1 Å². The van der Waals surface area contributed by atoms with Crippen molar-refractivity contribution in [1.29, 1.82) is 0 Å². The number of nitrogens with zero attached hydrogens (tertiary/aromatic N) is 3. The number of amides is 1. The summed E-state index contributed by atoms with van der Waals surface area (Å²) in [4.78, 5) is 22.3. The maximum absolute atomic E-state index is 11.2. The van der Waals surface area contributed by atoms with E-state index in [9.17, 15) is 9.90 Å². The number of piperidine rings is 1. The molecule has 1 aromatic heterocycles. The quantitative estimate of drug-likeness (QED) is 0.803. The summed E-state index contributed by atoms with van der Waals surface area (Å²) >= 11 is 0. The lowest BCUT2D eigenvalue weighted by atomic mass is 9.94. The van der Waals surface area contributed by atoms with Gasteiger partial charge in [0.15, 0.2) is 0 Å². The van der Waals surface area contributed by atoms with Crippen LogP contribution in [0, 0.1) is 6.92 Å². The van der Waals surface area contributed by atoms with Crippen LogP contribution in [0.4, 0.5) is 0 Å². The van der Waals surface area contributed by atoms with Gasteiger partial charge in [0.05, 0.1) is 36.6 Å². The van der Waals surface area contributed by atoms with Crippen LogP contribution in [0.3, 0.4) is 0 Å². The number of aliphatic hydroxyl groups excluding tert-OH is 1. The standard InChI is InChI=1S/C15H22N4O3/c1-9-11(14(16)21)6-17-15(18-9)10-2-4-19(5-3-10)12-7-22-8-13(12)20/h6,10,12-13,20H,2-5,7-8H2,1H3,(H2,16,21)/t12-,13-/m1/s1. The molecule has 2 saturated heterocycles. The number of carbonyl (C=O) groups excluding carboxylic acids is 1. The number of primary amides is 1. The van der Waals surface area contributed by atoms with Crippen LogP contribution < -0.4 is 5.73 Å². The first-order valence-corrected chi connectivity index (χ1v) is 7.69. The van der Waals surface area contributed by atoms with Crippen LogP contribution in [-0.2, 0) is 4.74 Å². The van der Waals surface area contributed by atoms with Gasteiger partial charge in [0.25, 0.3) is 5.91 Å². The second-order valence-corrected chi connectivity index (χ2v) is 6.07. The maximum atomic E-state index is 11.2. The Morgan fingerprint density at radius 1 is 1.41 bits per heavy atom. The van der Waals surface area contributed by atoms with Gasteiger partial charge in [0, 0.05) is 12.1 Å². The zero-order valence-electron chi connectivity index (χ0n) is 12.7. The zero-order valence-corrected chi connectivity index (χ0v) is 12.7. The third kappa shape index (κ3) is 2.97. The SMILES string of the molecule is Cc1nc(C2CCN([C@@H]3COC[C@H]3O)CC2)ncc1C(N)=O. The minimum Gasteiger partial charge on any atom is -0.389 e. The van der Waals surface area contributed by atoms with Gasteiger partial charge in [-0.25, -0.2) is 9.97 Å². The van der Waals surface area contributed by atoms with Gasteiger partial charge in [-0.05, 0) is 32.9 Å². The van der Waals surface area contributed by atoms with Crippen molar-refractivity contribution in [3.63, 3.8) is 0 Å². The molecule has 3 heterocycles. The number of nitrogens with two attached hydrogens (primary N) is 1. The molecule has 0 saturated carbocycles. The second kappa shape index (κ2) is 6.28. The van der Waals surface area contributed by atoms with Gasteiger partial charge in [-0.3, -0.25) is 9.69 Å². The van der Waals surface area contributed by atoms with Crippen molar-refractivity contribution in [2.24, 2.45) is 5.73 Å². The topological polar surface area (TPSA) is 102 Å². The smallest absolute Gasteiger partial charge is 0.252 e. The number of carbonyl (C=O) groups is 1. The summed E-state index contributed by atoms with van der Waals surface area (Å²) in [6.07, 6.45) is 3.03. The number of hydrogen-bond donors (Lipinski definition) is 2. The van der Waals surface area contributed by atoms with Gasteiger partial charge >= 0.3 is 0 Å². The van der Waals surface area contributed by atoms with Crippen LogP contribution in [-0.4, -0.2) is 64.3 Å². The average Bonchev–Trinajstić information content (AvgIpc) is 2.93. The number of aryl methyl sites for hydroxylation is 1. The third-order valence-corrected chi connectivity index (χ3v) is 4.65. The first kappa shape index (κ1) is 15.3. The van der Waals surface area contributed by atoms with Crippen molar-refractivity contribution in [3.05, 3.63) is 23.3 Å². The molecule has 2 aliphatic rings. The summed E-state index contributed by atoms with van der Waals surface area (Å²) in [5.74, 6) is 0.579. The Morgan fingerprint density at radius 3 is 2.68 bits per heavy atom. The molecular weight excluding hydrogens is 284 g/mol. The fourth-order valence-corrected chi connectivity index (χ4v) is 3.29. The van der Waals surface area contributed by atoms with E-state index in [1.807, 2.05) is 0 Å². The van der Waals surface area contributed by atoms with Crippen LogP contribution in [0.1, 0.15) is 40.6 Å². The fraction of sp³-hybridized carbons (Fsp3) is 0.667. The second-order valence-electron chi connectivity index (χ2n) is 6.07. The molecule has 2 fully saturated rings. The molecule has 1 amide bonds. The molecule has 1 aromatic rings. The lowest BCUT2D eigenvalue weighted by Gasteiger charge is -2.36. The molecule has 3 rings (SSSR count). The van der Waals surface area contributed by atoms with Gasteiger partial charge in [0.1, 0.15) is 5.82 Å². The minimum absolute atomic E-state index is 0.112. The van der Waals surface area contributed by atoms with E-state index in [0.717, 1.165) is 31.8 Å². The van der Waals surface area contributed by atoms with Crippen LogP contribution in [0.5, 0.6) is 0 Å². The maximum Gasteiger partial charge on any atom is 0.252 e. The summed E-state index contributed by atoms with van der Waals surface area (Å²) in [7, 11) is 0. The van der Waals surface area contributed by atoms with E-state index in [4.69, 9.17) is 10.5 Å². The highest BCUT2D eigenvalue weighted by Crippen LogP contribution is 2.28. The minimum atomic E-state index is -0.492. The summed E-state index contributed by atoms with van der Waals surface area (Å²) in [5, 5.41) is 9.91. The van der Waals surface area contributed by atoms with E-state index in [2.05, 4.69) is 14.9 Å². The van der Waals surface area contributed by atoms with E-state index >= 15 is 0 Å². The Bertz CT molecular complexity index is 558. The Kier molecular flexibility index (Phi) is 4.37. The Hall–Kier alpha value is -1.57. The number of aromatic nitrogens is 2. The molecule has 7 nitrogen and oxygen atoms in total. The summed E-state index contributed by atoms with van der Waals surface area (Å²) in [6.45, 7) is 4.62. The van der Waals surface area contributed by atoms with E-state index in [1.165, 1.54) is 6.20 Å². The van der Waals surface area contributed by atoms with Gasteiger partial charge in [-0.2, -0.15) is 0 Å².